The minimum atomic E-state index is 0.531. The number of ether oxygens (including phenoxy) is 1. The van der Waals surface area contributed by atoms with Crippen LogP contribution in [0.2, 0.25) is 0 Å². The van der Waals surface area contributed by atoms with Gasteiger partial charge in [0.05, 0.1) is 13.2 Å². The molecule has 1 spiro atoms. The van der Waals surface area contributed by atoms with Gasteiger partial charge in [0, 0.05) is 29.5 Å². The van der Waals surface area contributed by atoms with E-state index in [1.54, 1.807) is 0 Å². The number of aryl methyl sites for hydroxylation is 1. The van der Waals surface area contributed by atoms with Crippen LogP contribution in [0, 0.1) is 12.3 Å². The molecule has 0 saturated carbocycles. The lowest BCUT2D eigenvalue weighted by Crippen LogP contribution is -2.65. The van der Waals surface area contributed by atoms with Gasteiger partial charge in [-0.15, -0.1) is 0 Å². The number of nitrogens with zero attached hydrogens (tertiary/aromatic N) is 1. The molecular formula is C13H16BrNO. The lowest BCUT2D eigenvalue weighted by atomic mass is 9.78. The van der Waals surface area contributed by atoms with Crippen molar-refractivity contribution in [1.29, 1.82) is 0 Å². The van der Waals surface area contributed by atoms with E-state index in [0.29, 0.717) is 5.41 Å². The monoisotopic (exact) mass is 281 g/mol. The standard InChI is InChI=1S/C13H16BrNO/c1-10-4-12(14)3-2-11(10)5-15-6-13(7-15)8-16-9-13/h2-4H,5-9H2,1H3. The zero-order valence-electron chi connectivity index (χ0n) is 9.50. The third-order valence-electron chi connectivity index (χ3n) is 3.63. The molecule has 3 rings (SSSR count). The van der Waals surface area contributed by atoms with Gasteiger partial charge in [0.1, 0.15) is 0 Å². The van der Waals surface area contributed by atoms with Crippen molar-refractivity contribution in [2.75, 3.05) is 26.3 Å². The van der Waals surface area contributed by atoms with Crippen molar-refractivity contribution in [1.82, 2.24) is 4.90 Å². The fraction of sp³-hybridized carbons (Fsp3) is 0.538. The van der Waals surface area contributed by atoms with Crippen molar-refractivity contribution < 1.29 is 4.74 Å². The number of halogens is 1. The summed E-state index contributed by atoms with van der Waals surface area (Å²) in [5.41, 5.74) is 3.35. The Morgan fingerprint density at radius 2 is 2.12 bits per heavy atom. The van der Waals surface area contributed by atoms with Crippen molar-refractivity contribution in [2.24, 2.45) is 5.41 Å². The maximum atomic E-state index is 5.29. The SMILES string of the molecule is Cc1cc(Br)ccc1CN1CC2(COC2)C1. The molecule has 0 bridgehead atoms. The van der Waals surface area contributed by atoms with Gasteiger partial charge >= 0.3 is 0 Å². The van der Waals surface area contributed by atoms with E-state index in [0.717, 1.165) is 19.8 Å². The maximum Gasteiger partial charge on any atom is 0.0569 e. The minimum Gasteiger partial charge on any atom is -0.380 e. The fourth-order valence-electron chi connectivity index (χ4n) is 2.67. The minimum absolute atomic E-state index is 0.531. The number of hydrogen-bond acceptors (Lipinski definition) is 2. The predicted octanol–water partition coefficient (Wildman–Crippen LogP) is 2.59. The highest BCUT2D eigenvalue weighted by Gasteiger charge is 2.48. The second-order valence-corrected chi connectivity index (χ2v) is 6.12. The second kappa shape index (κ2) is 3.83. The first-order valence-corrected chi connectivity index (χ1v) is 6.51. The van der Waals surface area contributed by atoms with Crippen molar-refractivity contribution >= 4 is 15.9 Å². The Balaban J connectivity index is 1.62. The van der Waals surface area contributed by atoms with E-state index in [1.165, 1.54) is 28.7 Å². The zero-order valence-corrected chi connectivity index (χ0v) is 11.1. The van der Waals surface area contributed by atoms with Crippen LogP contribution in [0.4, 0.5) is 0 Å². The van der Waals surface area contributed by atoms with Crippen molar-refractivity contribution in [2.45, 2.75) is 13.5 Å². The molecule has 2 fully saturated rings. The van der Waals surface area contributed by atoms with Crippen LogP contribution in [-0.4, -0.2) is 31.2 Å². The summed E-state index contributed by atoms with van der Waals surface area (Å²) >= 11 is 3.50. The molecule has 1 aromatic carbocycles. The third-order valence-corrected chi connectivity index (χ3v) is 4.13. The summed E-state index contributed by atoms with van der Waals surface area (Å²) in [4.78, 5) is 2.51. The summed E-state index contributed by atoms with van der Waals surface area (Å²) in [5.74, 6) is 0. The van der Waals surface area contributed by atoms with E-state index in [4.69, 9.17) is 4.74 Å². The first-order valence-electron chi connectivity index (χ1n) is 5.72. The summed E-state index contributed by atoms with van der Waals surface area (Å²) in [5, 5.41) is 0. The van der Waals surface area contributed by atoms with Crippen LogP contribution in [0.15, 0.2) is 22.7 Å². The molecular weight excluding hydrogens is 266 g/mol. The van der Waals surface area contributed by atoms with Crippen molar-refractivity contribution in [3.8, 4) is 0 Å². The van der Waals surface area contributed by atoms with Crippen LogP contribution < -0.4 is 0 Å². The van der Waals surface area contributed by atoms with Crippen LogP contribution >= 0.6 is 15.9 Å². The maximum absolute atomic E-state index is 5.29. The predicted molar refractivity (Wildman–Crippen MR) is 67.4 cm³/mol. The molecule has 2 nitrogen and oxygen atoms in total. The lowest BCUT2D eigenvalue weighted by Gasteiger charge is -2.55. The fourth-order valence-corrected chi connectivity index (χ4v) is 3.14. The molecule has 0 atom stereocenters. The van der Waals surface area contributed by atoms with Gasteiger partial charge < -0.3 is 4.74 Å². The second-order valence-electron chi connectivity index (χ2n) is 5.21. The van der Waals surface area contributed by atoms with Gasteiger partial charge in [-0.1, -0.05) is 22.0 Å². The number of hydrogen-bond donors (Lipinski definition) is 0. The average Bonchev–Trinajstić information content (AvgIpc) is 2.10. The van der Waals surface area contributed by atoms with E-state index in [9.17, 15) is 0 Å². The molecule has 86 valence electrons. The lowest BCUT2D eigenvalue weighted by molar-refractivity contribution is -0.191. The average molecular weight is 282 g/mol. The molecule has 0 aliphatic carbocycles. The smallest absolute Gasteiger partial charge is 0.0569 e. The molecule has 0 N–H and O–H groups in total. The van der Waals surface area contributed by atoms with E-state index in [2.05, 4.69) is 46.0 Å². The molecule has 16 heavy (non-hydrogen) atoms. The zero-order chi connectivity index (χ0) is 11.2. The highest BCUT2D eigenvalue weighted by Crippen LogP contribution is 2.38. The van der Waals surface area contributed by atoms with Gasteiger partial charge in [0.15, 0.2) is 0 Å². The van der Waals surface area contributed by atoms with Gasteiger partial charge in [0.25, 0.3) is 0 Å². The van der Waals surface area contributed by atoms with Gasteiger partial charge in [-0.05, 0) is 30.2 Å². The van der Waals surface area contributed by atoms with Crippen molar-refractivity contribution in [3.05, 3.63) is 33.8 Å². The topological polar surface area (TPSA) is 12.5 Å². The normalized spacial score (nSPS) is 22.9. The molecule has 0 amide bonds. The van der Waals surface area contributed by atoms with E-state index in [-0.39, 0.29) is 0 Å². The highest BCUT2D eigenvalue weighted by atomic mass is 79.9. The molecule has 2 saturated heterocycles. The van der Waals surface area contributed by atoms with E-state index in [1.807, 2.05) is 0 Å². The first-order chi connectivity index (χ1) is 7.67. The van der Waals surface area contributed by atoms with Gasteiger partial charge in [-0.25, -0.2) is 0 Å². The number of rotatable bonds is 2. The van der Waals surface area contributed by atoms with Gasteiger partial charge in [-0.2, -0.15) is 0 Å². The van der Waals surface area contributed by atoms with Crippen LogP contribution in [0.3, 0.4) is 0 Å². The molecule has 2 aliphatic rings. The third kappa shape index (κ3) is 1.81. The van der Waals surface area contributed by atoms with Gasteiger partial charge in [-0.3, -0.25) is 4.90 Å². The molecule has 3 heteroatoms. The quantitative estimate of drug-likeness (QED) is 0.826. The summed E-state index contributed by atoms with van der Waals surface area (Å²) < 4.78 is 6.45. The van der Waals surface area contributed by atoms with Crippen LogP contribution in [-0.2, 0) is 11.3 Å². The summed E-state index contributed by atoms with van der Waals surface area (Å²) in [6.45, 7) is 7.64. The Hall–Kier alpha value is -0.380. The molecule has 0 radical (unpaired) electrons. The Kier molecular flexibility index (Phi) is 2.57. The van der Waals surface area contributed by atoms with E-state index < -0.39 is 0 Å². The first kappa shape index (κ1) is 10.8. The summed E-state index contributed by atoms with van der Waals surface area (Å²) in [7, 11) is 0. The number of benzene rings is 1. The summed E-state index contributed by atoms with van der Waals surface area (Å²) in [6.07, 6.45) is 0. The molecule has 2 heterocycles. The molecule has 2 aliphatic heterocycles. The van der Waals surface area contributed by atoms with Crippen LogP contribution in [0.25, 0.3) is 0 Å². The van der Waals surface area contributed by atoms with E-state index >= 15 is 0 Å². The van der Waals surface area contributed by atoms with Crippen molar-refractivity contribution in [3.63, 3.8) is 0 Å². The number of likely N-dealkylation sites (tertiary alicyclic amines) is 1. The Morgan fingerprint density at radius 1 is 1.38 bits per heavy atom. The Labute approximate surface area is 105 Å². The molecule has 0 unspecified atom stereocenters. The highest BCUT2D eigenvalue weighted by molar-refractivity contribution is 9.10. The summed E-state index contributed by atoms with van der Waals surface area (Å²) in [6, 6.07) is 6.55. The molecule has 0 aromatic heterocycles. The van der Waals surface area contributed by atoms with Crippen LogP contribution in [0.5, 0.6) is 0 Å². The molecule has 1 aromatic rings. The van der Waals surface area contributed by atoms with Gasteiger partial charge in [0.2, 0.25) is 0 Å². The Bertz CT molecular complexity index is 406. The Morgan fingerprint density at radius 3 is 2.69 bits per heavy atom. The largest absolute Gasteiger partial charge is 0.380 e. The van der Waals surface area contributed by atoms with Crippen LogP contribution in [0.1, 0.15) is 11.1 Å².